The van der Waals surface area contributed by atoms with E-state index < -0.39 is 11.7 Å². The van der Waals surface area contributed by atoms with Crippen LogP contribution in [-0.4, -0.2) is 12.5 Å². The molecule has 0 atom stereocenters. The van der Waals surface area contributed by atoms with Crippen LogP contribution < -0.4 is 10.1 Å². The van der Waals surface area contributed by atoms with Crippen LogP contribution in [0.5, 0.6) is 5.75 Å². The van der Waals surface area contributed by atoms with E-state index in [4.69, 9.17) is 4.74 Å². The minimum absolute atomic E-state index is 0.107. The number of halogens is 3. The smallest absolute Gasteiger partial charge is 0.416 e. The number of carbonyl (C=O) groups excluding carboxylic acids is 1. The Bertz CT molecular complexity index is 666. The third kappa shape index (κ3) is 5.02. The lowest BCUT2D eigenvalue weighted by molar-refractivity contribution is -0.137. The zero-order chi connectivity index (χ0) is 16.9. The molecule has 0 aromatic heterocycles. The van der Waals surface area contributed by atoms with Gasteiger partial charge in [0.15, 0.2) is 0 Å². The van der Waals surface area contributed by atoms with Gasteiger partial charge in [-0.3, -0.25) is 4.79 Å². The molecular weight excluding hydrogens is 307 g/mol. The van der Waals surface area contributed by atoms with Gasteiger partial charge >= 0.3 is 6.18 Å². The fourth-order valence-corrected chi connectivity index (χ4v) is 1.94. The molecule has 6 heteroatoms. The summed E-state index contributed by atoms with van der Waals surface area (Å²) in [5.41, 5.74) is 0.535. The van der Waals surface area contributed by atoms with Crippen molar-refractivity contribution in [2.75, 3.05) is 11.9 Å². The van der Waals surface area contributed by atoms with Gasteiger partial charge in [0.1, 0.15) is 5.75 Å². The predicted octanol–water partition coefficient (Wildman–Crippen LogP) is 4.42. The molecule has 0 saturated carbocycles. The third-order valence-corrected chi connectivity index (χ3v) is 3.18. The molecule has 1 amide bonds. The average Bonchev–Trinajstić information content (AvgIpc) is 2.49. The first-order chi connectivity index (χ1) is 10.9. The standard InChI is InChI=1S/C17H16F3NO2/c1-12-4-2-3-5-15(12)23-11-10-16(22)21-14-8-6-13(7-9-14)17(18,19)20/h2-9H,10-11H2,1H3,(H,21,22). The van der Waals surface area contributed by atoms with E-state index in [2.05, 4.69) is 5.32 Å². The number of rotatable bonds is 5. The van der Waals surface area contributed by atoms with E-state index in [9.17, 15) is 18.0 Å². The number of nitrogens with one attached hydrogen (secondary N) is 1. The molecular formula is C17H16F3NO2. The number of hydrogen-bond acceptors (Lipinski definition) is 2. The number of benzene rings is 2. The van der Waals surface area contributed by atoms with Crippen LogP contribution >= 0.6 is 0 Å². The summed E-state index contributed by atoms with van der Waals surface area (Å²) in [6.07, 6.45) is -4.28. The zero-order valence-electron chi connectivity index (χ0n) is 12.5. The van der Waals surface area contributed by atoms with Crippen molar-refractivity contribution in [2.24, 2.45) is 0 Å². The van der Waals surface area contributed by atoms with Crippen molar-refractivity contribution >= 4 is 11.6 Å². The highest BCUT2D eigenvalue weighted by Crippen LogP contribution is 2.29. The van der Waals surface area contributed by atoms with Gasteiger partial charge in [-0.1, -0.05) is 18.2 Å². The number of amides is 1. The summed E-state index contributed by atoms with van der Waals surface area (Å²) in [7, 11) is 0. The van der Waals surface area contributed by atoms with Gasteiger partial charge in [-0.25, -0.2) is 0 Å². The average molecular weight is 323 g/mol. The second-order valence-electron chi connectivity index (χ2n) is 4.99. The van der Waals surface area contributed by atoms with Crippen LogP contribution in [0.2, 0.25) is 0 Å². The molecule has 0 spiro atoms. The van der Waals surface area contributed by atoms with Crippen molar-refractivity contribution in [3.63, 3.8) is 0 Å². The number of aryl methyl sites for hydroxylation is 1. The van der Waals surface area contributed by atoms with Gasteiger partial charge in [-0.15, -0.1) is 0 Å². The molecule has 3 nitrogen and oxygen atoms in total. The van der Waals surface area contributed by atoms with Crippen molar-refractivity contribution in [1.29, 1.82) is 0 Å². The molecule has 0 aliphatic carbocycles. The molecule has 122 valence electrons. The molecule has 0 bridgehead atoms. The van der Waals surface area contributed by atoms with E-state index >= 15 is 0 Å². The monoisotopic (exact) mass is 323 g/mol. The van der Waals surface area contributed by atoms with Gasteiger partial charge in [0, 0.05) is 5.69 Å². The van der Waals surface area contributed by atoms with Crippen LogP contribution in [0.25, 0.3) is 0 Å². The Morgan fingerprint density at radius 2 is 1.74 bits per heavy atom. The van der Waals surface area contributed by atoms with E-state index in [1.807, 2.05) is 31.2 Å². The molecule has 0 radical (unpaired) electrons. The summed E-state index contributed by atoms with van der Waals surface area (Å²) in [5, 5.41) is 2.54. The zero-order valence-corrected chi connectivity index (χ0v) is 12.5. The summed E-state index contributed by atoms with van der Waals surface area (Å²) < 4.78 is 42.8. The predicted molar refractivity (Wildman–Crippen MR) is 81.4 cm³/mol. The van der Waals surface area contributed by atoms with Crippen LogP contribution in [-0.2, 0) is 11.0 Å². The summed E-state index contributed by atoms with van der Waals surface area (Å²) in [5.74, 6) is 0.383. The lowest BCUT2D eigenvalue weighted by atomic mass is 10.2. The van der Waals surface area contributed by atoms with Crippen molar-refractivity contribution in [3.05, 3.63) is 59.7 Å². The van der Waals surface area contributed by atoms with Crippen molar-refractivity contribution in [1.82, 2.24) is 0 Å². The molecule has 0 heterocycles. The lowest BCUT2D eigenvalue weighted by Gasteiger charge is -2.10. The molecule has 23 heavy (non-hydrogen) atoms. The molecule has 2 aromatic carbocycles. The second-order valence-corrected chi connectivity index (χ2v) is 4.99. The van der Waals surface area contributed by atoms with E-state index in [0.717, 1.165) is 17.7 Å². The Balaban J connectivity index is 1.82. The minimum atomic E-state index is -4.38. The maximum absolute atomic E-state index is 12.4. The topological polar surface area (TPSA) is 38.3 Å². The lowest BCUT2D eigenvalue weighted by Crippen LogP contribution is -2.15. The third-order valence-electron chi connectivity index (χ3n) is 3.18. The van der Waals surface area contributed by atoms with Gasteiger partial charge in [0.25, 0.3) is 0 Å². The van der Waals surface area contributed by atoms with E-state index in [-0.39, 0.29) is 18.9 Å². The molecule has 0 aliphatic rings. The van der Waals surface area contributed by atoms with Gasteiger partial charge in [-0.2, -0.15) is 13.2 Å². The van der Waals surface area contributed by atoms with E-state index in [1.54, 1.807) is 0 Å². The van der Waals surface area contributed by atoms with Gasteiger partial charge in [0.05, 0.1) is 18.6 Å². The summed E-state index contributed by atoms with van der Waals surface area (Å²) >= 11 is 0. The van der Waals surface area contributed by atoms with Crippen LogP contribution in [0, 0.1) is 6.92 Å². The Labute approximate surface area is 132 Å². The second kappa shape index (κ2) is 7.17. The van der Waals surface area contributed by atoms with Crippen LogP contribution in [0.1, 0.15) is 17.5 Å². The van der Waals surface area contributed by atoms with Crippen LogP contribution in [0.4, 0.5) is 18.9 Å². The number of alkyl halides is 3. The number of carbonyl (C=O) groups is 1. The largest absolute Gasteiger partial charge is 0.493 e. The van der Waals surface area contributed by atoms with Crippen LogP contribution in [0.3, 0.4) is 0 Å². The Kier molecular flexibility index (Phi) is 5.26. The molecule has 1 N–H and O–H groups in total. The first kappa shape index (κ1) is 16.9. The highest BCUT2D eigenvalue weighted by molar-refractivity contribution is 5.90. The molecule has 0 unspecified atom stereocenters. The summed E-state index contributed by atoms with van der Waals surface area (Å²) in [6.45, 7) is 2.09. The molecule has 2 aromatic rings. The Hall–Kier alpha value is -2.50. The molecule has 0 fully saturated rings. The van der Waals surface area contributed by atoms with Gasteiger partial charge < -0.3 is 10.1 Å². The maximum Gasteiger partial charge on any atom is 0.416 e. The molecule has 2 rings (SSSR count). The normalized spacial score (nSPS) is 11.1. The first-order valence-corrected chi connectivity index (χ1v) is 7.02. The minimum Gasteiger partial charge on any atom is -0.493 e. The Morgan fingerprint density at radius 3 is 2.35 bits per heavy atom. The summed E-state index contributed by atoms with van der Waals surface area (Å²) in [4.78, 5) is 11.8. The fourth-order valence-electron chi connectivity index (χ4n) is 1.94. The van der Waals surface area contributed by atoms with Crippen molar-refractivity contribution in [3.8, 4) is 5.75 Å². The van der Waals surface area contributed by atoms with Gasteiger partial charge in [-0.05, 0) is 42.8 Å². The summed E-state index contributed by atoms with van der Waals surface area (Å²) in [6, 6.07) is 11.7. The number of anilines is 1. The van der Waals surface area contributed by atoms with Crippen molar-refractivity contribution in [2.45, 2.75) is 19.5 Å². The van der Waals surface area contributed by atoms with E-state index in [0.29, 0.717) is 11.4 Å². The highest BCUT2D eigenvalue weighted by atomic mass is 19.4. The maximum atomic E-state index is 12.4. The number of hydrogen-bond donors (Lipinski definition) is 1. The van der Waals surface area contributed by atoms with Crippen LogP contribution in [0.15, 0.2) is 48.5 Å². The molecule has 0 aliphatic heterocycles. The molecule has 0 saturated heterocycles. The van der Waals surface area contributed by atoms with Crippen molar-refractivity contribution < 1.29 is 22.7 Å². The van der Waals surface area contributed by atoms with Gasteiger partial charge in [0.2, 0.25) is 5.91 Å². The van der Waals surface area contributed by atoms with E-state index in [1.165, 1.54) is 12.1 Å². The number of ether oxygens (including phenoxy) is 1. The SMILES string of the molecule is Cc1ccccc1OCCC(=O)Nc1ccc(C(F)(F)F)cc1. The first-order valence-electron chi connectivity index (χ1n) is 7.02. The quantitative estimate of drug-likeness (QED) is 0.884. The fraction of sp³-hybridized carbons (Fsp3) is 0.235. The highest BCUT2D eigenvalue weighted by Gasteiger charge is 2.29. The number of para-hydroxylation sites is 1. The Morgan fingerprint density at radius 1 is 1.09 bits per heavy atom.